The van der Waals surface area contributed by atoms with E-state index >= 15 is 0 Å². The molecule has 0 fully saturated rings. The zero-order valence-corrected chi connectivity index (χ0v) is 3.09. The van der Waals surface area contributed by atoms with Crippen LogP contribution in [0.2, 0.25) is 0 Å². The third-order valence-electron chi connectivity index (χ3n) is 0. The summed E-state index contributed by atoms with van der Waals surface area (Å²) in [6.07, 6.45) is 0. The van der Waals surface area contributed by atoms with Crippen LogP contribution in [-0.4, -0.2) is 169 Å². The summed E-state index contributed by atoms with van der Waals surface area (Å²) in [7, 11) is -4.64. The normalized spacial score (nSPS) is 7.38. The van der Waals surface area contributed by atoms with Crippen LogP contribution in [0.3, 0.4) is 0 Å². The topological polar surface area (TPSA) is 77.8 Å². The van der Waals surface area contributed by atoms with E-state index in [1.807, 2.05) is 0 Å². The van der Waals surface area contributed by atoms with E-state index in [-0.39, 0.29) is 154 Å². The van der Waals surface area contributed by atoms with Crippen molar-refractivity contribution in [3.63, 3.8) is 0 Å². The van der Waals surface area contributed by atoms with Crippen molar-refractivity contribution in [2.45, 2.75) is 0 Å². The Hall–Kier alpha value is 5.02. The summed E-state index contributed by atoms with van der Waals surface area (Å²) in [4.78, 5) is 21.6. The van der Waals surface area contributed by atoms with Crippen LogP contribution in [0.1, 0.15) is 0 Å². The van der Waals surface area contributed by atoms with E-state index < -0.39 is 7.82 Å². The van der Waals surface area contributed by atoms with Crippen molar-refractivity contribution >= 4 is 162 Å². The van der Waals surface area contributed by atoms with Gasteiger partial charge in [-0.1, -0.05) is 0 Å². The molecule has 0 radical (unpaired) electrons. The summed E-state index contributed by atoms with van der Waals surface area (Å²) in [6, 6.07) is 0. The van der Waals surface area contributed by atoms with E-state index in [9.17, 15) is 0 Å². The SMILES string of the molecule is O=P(O)(O)O.[KH].[KH].[KH]. The maximum absolute atomic E-state index is 8.88. The molecule has 0 rings (SSSR count). The van der Waals surface area contributed by atoms with Gasteiger partial charge >= 0.3 is 162 Å². The molecule has 4 nitrogen and oxygen atoms in total. The van der Waals surface area contributed by atoms with E-state index in [0.717, 1.165) is 0 Å². The minimum atomic E-state index is -4.64. The number of hydrogen-bond donors (Lipinski definition) is 3. The van der Waals surface area contributed by atoms with Crippen LogP contribution in [0.15, 0.2) is 0 Å². The molecule has 38 valence electrons. The van der Waals surface area contributed by atoms with Crippen LogP contribution in [-0.2, 0) is 4.57 Å². The van der Waals surface area contributed by atoms with Crippen molar-refractivity contribution in [3.8, 4) is 0 Å². The fraction of sp³-hybridized carbons (Fsp3) is 0. The minimum absolute atomic E-state index is 0. The summed E-state index contributed by atoms with van der Waals surface area (Å²) in [5.41, 5.74) is 0. The molecule has 3 N–H and O–H groups in total. The zero-order chi connectivity index (χ0) is 4.50. The van der Waals surface area contributed by atoms with E-state index in [0.29, 0.717) is 0 Å². The Balaban J connectivity index is -0.0000000267. The van der Waals surface area contributed by atoms with Crippen LogP contribution in [0, 0.1) is 0 Å². The Morgan fingerprint density at radius 1 is 0.875 bits per heavy atom. The molecule has 0 aromatic heterocycles. The molecule has 8 heavy (non-hydrogen) atoms. The van der Waals surface area contributed by atoms with Crippen molar-refractivity contribution in [3.05, 3.63) is 0 Å². The average Bonchev–Trinajstić information content (AvgIpc) is 0.722. The van der Waals surface area contributed by atoms with Crippen molar-refractivity contribution in [1.29, 1.82) is 0 Å². The second-order valence-electron chi connectivity index (χ2n) is 0.513. The molecule has 0 aromatic rings. The van der Waals surface area contributed by atoms with Gasteiger partial charge in [0.15, 0.2) is 0 Å². The van der Waals surface area contributed by atoms with Crippen molar-refractivity contribution in [2.24, 2.45) is 0 Å². The second-order valence-corrected chi connectivity index (χ2v) is 1.54. The zero-order valence-electron chi connectivity index (χ0n) is 2.20. The summed E-state index contributed by atoms with van der Waals surface area (Å²) in [5.74, 6) is 0. The Bertz CT molecular complexity index is 57.4. The fourth-order valence-corrected chi connectivity index (χ4v) is 0. The molecule has 0 amide bonds. The molecule has 0 aliphatic carbocycles. The number of rotatable bonds is 0. The van der Waals surface area contributed by atoms with Crippen LogP contribution in [0.25, 0.3) is 0 Å². The molecule has 0 heterocycles. The van der Waals surface area contributed by atoms with Crippen LogP contribution in [0.5, 0.6) is 0 Å². The van der Waals surface area contributed by atoms with E-state index in [4.69, 9.17) is 19.2 Å². The second kappa shape index (κ2) is 12.0. The van der Waals surface area contributed by atoms with Gasteiger partial charge in [-0.25, -0.2) is 4.57 Å². The van der Waals surface area contributed by atoms with Gasteiger partial charge in [-0.3, -0.25) is 0 Å². The number of phosphoric acid groups is 1. The van der Waals surface area contributed by atoms with Crippen molar-refractivity contribution in [2.75, 3.05) is 0 Å². The van der Waals surface area contributed by atoms with Gasteiger partial charge in [0, 0.05) is 0 Å². The van der Waals surface area contributed by atoms with E-state index in [1.165, 1.54) is 0 Å². The summed E-state index contributed by atoms with van der Waals surface area (Å²) >= 11 is 0. The molecule has 0 aliphatic heterocycles. The quantitative estimate of drug-likeness (QED) is 0.302. The number of hydrogen-bond acceptors (Lipinski definition) is 1. The predicted octanol–water partition coefficient (Wildman–Crippen LogP) is -2.87. The molecule has 0 saturated heterocycles. The first kappa shape index (κ1) is 23.1. The molecule has 0 bridgehead atoms. The van der Waals surface area contributed by atoms with Gasteiger partial charge in [0.25, 0.3) is 0 Å². The molecule has 0 aliphatic rings. The summed E-state index contributed by atoms with van der Waals surface area (Å²) < 4.78 is 8.88. The molecular weight excluding hydrogens is 212 g/mol. The van der Waals surface area contributed by atoms with Gasteiger partial charge in [-0.15, -0.1) is 0 Å². The van der Waals surface area contributed by atoms with E-state index in [1.54, 1.807) is 0 Å². The van der Waals surface area contributed by atoms with Crippen molar-refractivity contribution < 1.29 is 19.2 Å². The van der Waals surface area contributed by atoms with E-state index in [2.05, 4.69) is 0 Å². The molecule has 0 saturated carbocycles. The Morgan fingerprint density at radius 2 is 0.875 bits per heavy atom. The third kappa shape index (κ3) is 43.9. The Kier molecular flexibility index (Phi) is 34.7. The molecular formula is H6K3O4P. The Labute approximate surface area is 175 Å². The standard InChI is InChI=1S/3K.H3O4P.3H/c;;;1-5(2,3)4;;;/h;;;(H3,1,2,3,4);;;. The first-order valence-electron chi connectivity index (χ1n) is 0.783. The van der Waals surface area contributed by atoms with Gasteiger partial charge in [0.05, 0.1) is 0 Å². The first-order chi connectivity index (χ1) is 2.00. The maximum atomic E-state index is 8.88. The van der Waals surface area contributed by atoms with Gasteiger partial charge in [-0.05, 0) is 0 Å². The van der Waals surface area contributed by atoms with Gasteiger partial charge < -0.3 is 14.7 Å². The molecule has 0 atom stereocenters. The third-order valence-corrected chi connectivity index (χ3v) is 0. The first-order valence-corrected chi connectivity index (χ1v) is 2.35. The molecule has 0 unspecified atom stereocenters. The Morgan fingerprint density at radius 3 is 0.875 bits per heavy atom. The summed E-state index contributed by atoms with van der Waals surface area (Å²) in [5, 5.41) is 0. The van der Waals surface area contributed by atoms with Crippen LogP contribution < -0.4 is 0 Å². The molecule has 0 spiro atoms. The fourth-order valence-electron chi connectivity index (χ4n) is 0. The van der Waals surface area contributed by atoms with Gasteiger partial charge in [0.1, 0.15) is 0 Å². The van der Waals surface area contributed by atoms with Gasteiger partial charge in [0.2, 0.25) is 0 Å². The van der Waals surface area contributed by atoms with Gasteiger partial charge in [-0.2, -0.15) is 0 Å². The van der Waals surface area contributed by atoms with Crippen LogP contribution in [0.4, 0.5) is 0 Å². The molecule has 8 heteroatoms. The summed E-state index contributed by atoms with van der Waals surface area (Å²) in [6.45, 7) is 0. The molecule has 0 aromatic carbocycles. The average molecular weight is 218 g/mol. The predicted molar refractivity (Wildman–Crippen MR) is 35.7 cm³/mol. The van der Waals surface area contributed by atoms with Crippen LogP contribution >= 0.6 is 7.82 Å². The monoisotopic (exact) mass is 218 g/mol. The van der Waals surface area contributed by atoms with Crippen molar-refractivity contribution in [1.82, 2.24) is 0 Å².